The Balaban J connectivity index is 1.47. The molecule has 1 N–H and O–H groups in total. The average Bonchev–Trinajstić information content (AvgIpc) is 3.31. The van der Waals surface area contributed by atoms with Crippen molar-refractivity contribution in [3.8, 4) is 5.75 Å². The number of carbonyl (C=O) groups is 1. The van der Waals surface area contributed by atoms with E-state index < -0.39 is 0 Å². The molecule has 1 saturated carbocycles. The van der Waals surface area contributed by atoms with Crippen molar-refractivity contribution in [1.29, 1.82) is 0 Å². The Bertz CT molecular complexity index is 738. The van der Waals surface area contributed by atoms with Crippen LogP contribution >= 0.6 is 11.3 Å². The summed E-state index contributed by atoms with van der Waals surface area (Å²) in [6.45, 7) is 1.41. The monoisotopic (exact) mass is 342 g/mol. The molecule has 1 aliphatic heterocycles. The molecule has 1 fully saturated rings. The van der Waals surface area contributed by atoms with Crippen LogP contribution in [0.1, 0.15) is 29.3 Å². The molecule has 1 amide bonds. The van der Waals surface area contributed by atoms with Gasteiger partial charge in [-0.3, -0.25) is 9.69 Å². The van der Waals surface area contributed by atoms with Gasteiger partial charge in [-0.25, -0.2) is 0 Å². The highest BCUT2D eigenvalue weighted by atomic mass is 32.1. The lowest BCUT2D eigenvalue weighted by Gasteiger charge is -2.35. The number of nitrogens with zero attached hydrogens (tertiary/aromatic N) is 1. The summed E-state index contributed by atoms with van der Waals surface area (Å²) in [7, 11) is 1.62. The highest BCUT2D eigenvalue weighted by molar-refractivity contribution is 7.10. The van der Waals surface area contributed by atoms with E-state index in [0.29, 0.717) is 18.3 Å². The average molecular weight is 342 g/mol. The van der Waals surface area contributed by atoms with Gasteiger partial charge in [0.05, 0.1) is 19.3 Å². The van der Waals surface area contributed by atoms with Crippen LogP contribution in [-0.2, 0) is 11.2 Å². The van der Waals surface area contributed by atoms with Crippen molar-refractivity contribution in [2.45, 2.75) is 25.3 Å². The second kappa shape index (κ2) is 6.57. The molecular formula is C19H22N2O2S. The molecule has 2 aliphatic rings. The molecule has 4 nitrogen and oxygen atoms in total. The van der Waals surface area contributed by atoms with Crippen molar-refractivity contribution in [2.75, 3.05) is 25.5 Å². The number of hydrogen-bond donors (Lipinski definition) is 1. The van der Waals surface area contributed by atoms with Gasteiger partial charge in [-0.2, -0.15) is 0 Å². The molecule has 2 aromatic rings. The van der Waals surface area contributed by atoms with Crippen LogP contribution in [-0.4, -0.2) is 31.0 Å². The standard InChI is InChI=1S/C19H22N2O2S/c1-23-16-5-3-2-4-15(16)20-18(22)12-21-10-8-17-14(9-11-24-17)19(21)13-6-7-13/h2-5,9,11,13,19H,6-8,10,12H2,1H3,(H,20,22)/t19-/m1/s1. The fraction of sp³-hybridized carbons (Fsp3) is 0.421. The number of rotatable bonds is 5. The van der Waals surface area contributed by atoms with Gasteiger partial charge in [0, 0.05) is 17.5 Å². The third-order valence-corrected chi connectivity index (χ3v) is 5.91. The maximum absolute atomic E-state index is 12.6. The zero-order valence-corrected chi connectivity index (χ0v) is 14.6. The van der Waals surface area contributed by atoms with Gasteiger partial charge in [0.15, 0.2) is 0 Å². The number of nitrogens with one attached hydrogen (secondary N) is 1. The number of para-hydroxylation sites is 2. The Labute approximate surface area is 146 Å². The predicted molar refractivity (Wildman–Crippen MR) is 96.7 cm³/mol. The number of anilines is 1. The van der Waals surface area contributed by atoms with E-state index in [1.165, 1.54) is 23.3 Å². The molecule has 2 heterocycles. The number of thiophene rings is 1. The molecule has 1 atom stereocenters. The van der Waals surface area contributed by atoms with Crippen molar-refractivity contribution in [1.82, 2.24) is 4.90 Å². The lowest BCUT2D eigenvalue weighted by molar-refractivity contribution is -0.118. The lowest BCUT2D eigenvalue weighted by atomic mass is 9.96. The van der Waals surface area contributed by atoms with Crippen LogP contribution in [0.4, 0.5) is 5.69 Å². The van der Waals surface area contributed by atoms with E-state index in [9.17, 15) is 4.79 Å². The third-order valence-electron chi connectivity index (χ3n) is 4.91. The number of ether oxygens (including phenoxy) is 1. The van der Waals surface area contributed by atoms with Crippen LogP contribution in [0, 0.1) is 5.92 Å². The summed E-state index contributed by atoms with van der Waals surface area (Å²) >= 11 is 1.86. The van der Waals surface area contributed by atoms with E-state index in [-0.39, 0.29) is 5.91 Å². The van der Waals surface area contributed by atoms with Crippen molar-refractivity contribution in [2.24, 2.45) is 5.92 Å². The van der Waals surface area contributed by atoms with Gasteiger partial charge in [-0.05, 0) is 54.3 Å². The van der Waals surface area contributed by atoms with E-state index >= 15 is 0 Å². The Morgan fingerprint density at radius 3 is 2.96 bits per heavy atom. The van der Waals surface area contributed by atoms with E-state index in [4.69, 9.17) is 4.74 Å². The molecule has 126 valence electrons. The van der Waals surface area contributed by atoms with Crippen molar-refractivity contribution in [3.05, 3.63) is 46.2 Å². The van der Waals surface area contributed by atoms with E-state index in [2.05, 4.69) is 21.7 Å². The molecular weight excluding hydrogens is 320 g/mol. The number of benzene rings is 1. The van der Waals surface area contributed by atoms with E-state index in [1.807, 2.05) is 35.6 Å². The van der Waals surface area contributed by atoms with Gasteiger partial charge in [0.1, 0.15) is 5.75 Å². The largest absolute Gasteiger partial charge is 0.495 e. The van der Waals surface area contributed by atoms with Gasteiger partial charge < -0.3 is 10.1 Å². The smallest absolute Gasteiger partial charge is 0.238 e. The number of amides is 1. The summed E-state index contributed by atoms with van der Waals surface area (Å²) in [5.74, 6) is 1.45. The first-order valence-corrected chi connectivity index (χ1v) is 9.37. The van der Waals surface area contributed by atoms with Crippen LogP contribution in [0.3, 0.4) is 0 Å². The van der Waals surface area contributed by atoms with Crippen LogP contribution in [0.2, 0.25) is 0 Å². The van der Waals surface area contributed by atoms with Crippen LogP contribution < -0.4 is 10.1 Å². The highest BCUT2D eigenvalue weighted by Crippen LogP contribution is 2.48. The van der Waals surface area contributed by atoms with E-state index in [1.54, 1.807) is 7.11 Å². The Hall–Kier alpha value is -1.85. The van der Waals surface area contributed by atoms with Gasteiger partial charge >= 0.3 is 0 Å². The second-order valence-electron chi connectivity index (χ2n) is 6.55. The van der Waals surface area contributed by atoms with Crippen molar-refractivity contribution >= 4 is 22.9 Å². The molecule has 24 heavy (non-hydrogen) atoms. The maximum Gasteiger partial charge on any atom is 0.238 e. The molecule has 5 heteroatoms. The Kier molecular flexibility index (Phi) is 4.29. The minimum absolute atomic E-state index is 0.0313. The molecule has 0 unspecified atom stereocenters. The maximum atomic E-state index is 12.6. The van der Waals surface area contributed by atoms with Gasteiger partial charge in [-0.15, -0.1) is 11.3 Å². The fourth-order valence-electron chi connectivity index (χ4n) is 3.66. The van der Waals surface area contributed by atoms with Crippen molar-refractivity contribution < 1.29 is 9.53 Å². The second-order valence-corrected chi connectivity index (χ2v) is 7.55. The topological polar surface area (TPSA) is 41.6 Å². The molecule has 0 saturated heterocycles. The SMILES string of the molecule is COc1ccccc1NC(=O)CN1CCc2sccc2[C@H]1C1CC1. The van der Waals surface area contributed by atoms with Crippen LogP contribution in [0.5, 0.6) is 5.75 Å². The van der Waals surface area contributed by atoms with E-state index in [0.717, 1.165) is 24.6 Å². The number of hydrogen-bond acceptors (Lipinski definition) is 4. The predicted octanol–water partition coefficient (Wildman–Crippen LogP) is 3.70. The fourth-order valence-corrected chi connectivity index (χ4v) is 4.57. The van der Waals surface area contributed by atoms with Crippen LogP contribution in [0.15, 0.2) is 35.7 Å². The highest BCUT2D eigenvalue weighted by Gasteiger charge is 2.40. The molecule has 0 spiro atoms. The first kappa shape index (κ1) is 15.7. The minimum Gasteiger partial charge on any atom is -0.495 e. The number of methoxy groups -OCH3 is 1. The molecule has 0 radical (unpaired) electrons. The normalized spacial score (nSPS) is 20.5. The van der Waals surface area contributed by atoms with Gasteiger partial charge in [0.2, 0.25) is 5.91 Å². The summed E-state index contributed by atoms with van der Waals surface area (Å²) in [6, 6.07) is 10.2. The summed E-state index contributed by atoms with van der Waals surface area (Å²) in [5, 5.41) is 5.20. The molecule has 1 aromatic carbocycles. The summed E-state index contributed by atoms with van der Waals surface area (Å²) in [6.07, 6.45) is 3.62. The first-order chi connectivity index (χ1) is 11.8. The Morgan fingerprint density at radius 2 is 2.17 bits per heavy atom. The zero-order chi connectivity index (χ0) is 16.5. The number of carbonyl (C=O) groups excluding carboxylic acids is 1. The number of fused-ring (bicyclic) bond motifs is 1. The third kappa shape index (κ3) is 3.06. The zero-order valence-electron chi connectivity index (χ0n) is 13.8. The summed E-state index contributed by atoms with van der Waals surface area (Å²) < 4.78 is 5.31. The first-order valence-electron chi connectivity index (χ1n) is 8.49. The Morgan fingerprint density at radius 1 is 1.33 bits per heavy atom. The summed E-state index contributed by atoms with van der Waals surface area (Å²) in [5.41, 5.74) is 2.19. The molecule has 0 bridgehead atoms. The lowest BCUT2D eigenvalue weighted by Crippen LogP contribution is -2.41. The summed E-state index contributed by atoms with van der Waals surface area (Å²) in [4.78, 5) is 16.4. The van der Waals surface area contributed by atoms with Gasteiger partial charge in [0.25, 0.3) is 0 Å². The molecule has 1 aromatic heterocycles. The molecule has 1 aliphatic carbocycles. The van der Waals surface area contributed by atoms with Crippen LogP contribution in [0.25, 0.3) is 0 Å². The minimum atomic E-state index is 0.0313. The molecule has 4 rings (SSSR count). The van der Waals surface area contributed by atoms with Crippen molar-refractivity contribution in [3.63, 3.8) is 0 Å². The van der Waals surface area contributed by atoms with Gasteiger partial charge in [-0.1, -0.05) is 12.1 Å². The quantitative estimate of drug-likeness (QED) is 0.901.